The molecule has 0 radical (unpaired) electrons. The van der Waals surface area contributed by atoms with Crippen molar-refractivity contribution in [2.24, 2.45) is 5.92 Å². The topological polar surface area (TPSA) is 66.7 Å². The number of rotatable bonds is 4. The molecule has 4 rings (SSSR count). The maximum atomic E-state index is 12.9. The zero-order valence-electron chi connectivity index (χ0n) is 17.0. The molecular weight excluding hydrogens is 366 g/mol. The van der Waals surface area contributed by atoms with Crippen molar-refractivity contribution in [1.29, 1.82) is 0 Å². The quantitative estimate of drug-likeness (QED) is 0.678. The molecule has 1 aliphatic rings. The molecule has 0 unspecified atom stereocenters. The van der Waals surface area contributed by atoms with E-state index in [0.29, 0.717) is 11.5 Å². The molecule has 150 valence electrons. The Bertz CT molecular complexity index is 1010. The highest BCUT2D eigenvalue weighted by Gasteiger charge is 2.34. The summed E-state index contributed by atoms with van der Waals surface area (Å²) in [5.41, 5.74) is 3.00. The van der Waals surface area contributed by atoms with Gasteiger partial charge in [-0.05, 0) is 55.7 Å². The summed E-state index contributed by atoms with van der Waals surface area (Å²) in [6, 6.07) is 15.0. The SMILES string of the molecule is CN(C)C(=O)[C@H]1CC[C@@H](N(C)C(=O)c2ccc(-c3nc4ccccc4o3)cc2)C1. The summed E-state index contributed by atoms with van der Waals surface area (Å²) in [5, 5.41) is 0. The molecule has 0 bridgehead atoms. The Labute approximate surface area is 170 Å². The fourth-order valence-electron chi connectivity index (χ4n) is 4.02. The molecule has 2 amide bonds. The van der Waals surface area contributed by atoms with Crippen LogP contribution in [0.2, 0.25) is 0 Å². The number of hydrogen-bond donors (Lipinski definition) is 0. The number of aromatic nitrogens is 1. The molecule has 0 aliphatic heterocycles. The number of amides is 2. The van der Waals surface area contributed by atoms with Crippen LogP contribution in [0.5, 0.6) is 0 Å². The summed E-state index contributed by atoms with van der Waals surface area (Å²) < 4.78 is 5.79. The van der Waals surface area contributed by atoms with Crippen molar-refractivity contribution in [3.8, 4) is 11.5 Å². The fourth-order valence-corrected chi connectivity index (χ4v) is 4.02. The second kappa shape index (κ2) is 7.70. The maximum absolute atomic E-state index is 12.9. The predicted octanol–water partition coefficient (Wildman–Crippen LogP) is 3.82. The summed E-state index contributed by atoms with van der Waals surface area (Å²) >= 11 is 0. The Kier molecular flexibility index (Phi) is 5.09. The van der Waals surface area contributed by atoms with E-state index in [1.807, 2.05) is 43.4 Å². The first kappa shape index (κ1) is 19.2. The minimum absolute atomic E-state index is 0.00628. The number of oxazole rings is 1. The molecule has 1 fully saturated rings. The van der Waals surface area contributed by atoms with E-state index in [1.54, 1.807) is 36.0 Å². The largest absolute Gasteiger partial charge is 0.436 e. The Morgan fingerprint density at radius 2 is 1.72 bits per heavy atom. The normalized spacial score (nSPS) is 18.7. The van der Waals surface area contributed by atoms with Crippen molar-refractivity contribution in [1.82, 2.24) is 14.8 Å². The van der Waals surface area contributed by atoms with Gasteiger partial charge in [0, 0.05) is 44.2 Å². The zero-order valence-corrected chi connectivity index (χ0v) is 17.0. The lowest BCUT2D eigenvalue weighted by Crippen LogP contribution is -2.36. The minimum Gasteiger partial charge on any atom is -0.436 e. The number of nitrogens with zero attached hydrogens (tertiary/aromatic N) is 3. The summed E-state index contributed by atoms with van der Waals surface area (Å²) in [6.45, 7) is 0. The number of fused-ring (bicyclic) bond motifs is 1. The first-order valence-corrected chi connectivity index (χ1v) is 9.88. The number of benzene rings is 2. The molecule has 3 aromatic rings. The van der Waals surface area contributed by atoms with Crippen LogP contribution >= 0.6 is 0 Å². The van der Waals surface area contributed by atoms with Crippen LogP contribution in [0.4, 0.5) is 0 Å². The number of carbonyl (C=O) groups excluding carboxylic acids is 2. The molecule has 0 N–H and O–H groups in total. The van der Waals surface area contributed by atoms with Gasteiger partial charge in [-0.2, -0.15) is 0 Å². The van der Waals surface area contributed by atoms with Crippen molar-refractivity contribution in [2.75, 3.05) is 21.1 Å². The van der Waals surface area contributed by atoms with Crippen molar-refractivity contribution < 1.29 is 14.0 Å². The molecule has 1 aliphatic carbocycles. The zero-order chi connectivity index (χ0) is 20.5. The van der Waals surface area contributed by atoms with Crippen molar-refractivity contribution in [3.05, 3.63) is 54.1 Å². The average molecular weight is 391 g/mol. The van der Waals surface area contributed by atoms with E-state index in [1.165, 1.54) is 0 Å². The highest BCUT2D eigenvalue weighted by Crippen LogP contribution is 2.31. The number of hydrogen-bond acceptors (Lipinski definition) is 4. The van der Waals surface area contributed by atoms with E-state index < -0.39 is 0 Å². The van der Waals surface area contributed by atoms with Gasteiger partial charge in [-0.3, -0.25) is 9.59 Å². The van der Waals surface area contributed by atoms with E-state index in [-0.39, 0.29) is 23.8 Å². The monoisotopic (exact) mass is 391 g/mol. The third-order valence-electron chi connectivity index (χ3n) is 5.74. The van der Waals surface area contributed by atoms with E-state index in [0.717, 1.165) is 35.9 Å². The molecule has 0 saturated heterocycles. The molecule has 2 aromatic carbocycles. The van der Waals surface area contributed by atoms with Crippen LogP contribution in [0.25, 0.3) is 22.6 Å². The Morgan fingerprint density at radius 3 is 2.41 bits per heavy atom. The van der Waals surface area contributed by atoms with Crippen LogP contribution in [-0.4, -0.2) is 53.8 Å². The van der Waals surface area contributed by atoms with E-state index >= 15 is 0 Å². The van der Waals surface area contributed by atoms with Gasteiger partial charge in [0.2, 0.25) is 11.8 Å². The fraction of sp³-hybridized carbons (Fsp3) is 0.348. The summed E-state index contributed by atoms with van der Waals surface area (Å²) in [7, 11) is 5.39. The summed E-state index contributed by atoms with van der Waals surface area (Å²) in [5.74, 6) is 0.666. The lowest BCUT2D eigenvalue weighted by Gasteiger charge is -2.25. The molecule has 6 heteroatoms. The Morgan fingerprint density at radius 1 is 1.00 bits per heavy atom. The first-order chi connectivity index (χ1) is 13.9. The Balaban J connectivity index is 1.46. The van der Waals surface area contributed by atoms with E-state index in [4.69, 9.17) is 4.42 Å². The van der Waals surface area contributed by atoms with E-state index in [9.17, 15) is 9.59 Å². The van der Waals surface area contributed by atoms with Crippen molar-refractivity contribution in [2.45, 2.75) is 25.3 Å². The van der Waals surface area contributed by atoms with Gasteiger partial charge in [0.1, 0.15) is 5.52 Å². The summed E-state index contributed by atoms with van der Waals surface area (Å²) in [6.07, 6.45) is 2.41. The third kappa shape index (κ3) is 3.75. The smallest absolute Gasteiger partial charge is 0.253 e. The van der Waals surface area contributed by atoms with Crippen LogP contribution in [0.15, 0.2) is 52.9 Å². The predicted molar refractivity (Wildman–Crippen MR) is 111 cm³/mol. The standard InChI is InChI=1S/C23H25N3O3/c1-25(2)22(27)17-12-13-18(14-17)26(3)23(28)16-10-8-15(9-11-16)21-24-19-6-4-5-7-20(19)29-21/h4-11,17-18H,12-14H2,1-3H3/t17-,18+/m0/s1. The van der Waals surface area contributed by atoms with Crippen molar-refractivity contribution in [3.63, 3.8) is 0 Å². The minimum atomic E-state index is -0.0305. The molecule has 0 spiro atoms. The highest BCUT2D eigenvalue weighted by atomic mass is 16.3. The van der Waals surface area contributed by atoms with E-state index in [2.05, 4.69) is 4.98 Å². The van der Waals surface area contributed by atoms with Crippen LogP contribution in [-0.2, 0) is 4.79 Å². The van der Waals surface area contributed by atoms with Crippen LogP contribution in [0.3, 0.4) is 0 Å². The molecule has 1 saturated carbocycles. The molecule has 2 atom stereocenters. The van der Waals surface area contributed by atoms with Gasteiger partial charge in [-0.15, -0.1) is 0 Å². The molecule has 29 heavy (non-hydrogen) atoms. The average Bonchev–Trinajstić information content (AvgIpc) is 3.39. The first-order valence-electron chi connectivity index (χ1n) is 9.88. The van der Waals surface area contributed by atoms with Crippen LogP contribution < -0.4 is 0 Å². The van der Waals surface area contributed by atoms with Gasteiger partial charge in [0.25, 0.3) is 5.91 Å². The number of para-hydroxylation sites is 2. The lowest BCUT2D eigenvalue weighted by atomic mass is 10.1. The number of carbonyl (C=O) groups is 2. The maximum Gasteiger partial charge on any atom is 0.253 e. The van der Waals surface area contributed by atoms with Gasteiger partial charge in [-0.1, -0.05) is 12.1 Å². The third-order valence-corrected chi connectivity index (χ3v) is 5.74. The summed E-state index contributed by atoms with van der Waals surface area (Å²) in [4.78, 5) is 33.0. The molecule has 1 aromatic heterocycles. The molecular formula is C23H25N3O3. The van der Waals surface area contributed by atoms with Gasteiger partial charge in [0.05, 0.1) is 0 Å². The van der Waals surface area contributed by atoms with Gasteiger partial charge < -0.3 is 14.2 Å². The van der Waals surface area contributed by atoms with Gasteiger partial charge >= 0.3 is 0 Å². The van der Waals surface area contributed by atoms with Crippen LogP contribution in [0, 0.1) is 5.92 Å². The highest BCUT2D eigenvalue weighted by molar-refractivity contribution is 5.94. The van der Waals surface area contributed by atoms with Crippen LogP contribution in [0.1, 0.15) is 29.6 Å². The molecule has 6 nitrogen and oxygen atoms in total. The lowest BCUT2D eigenvalue weighted by molar-refractivity contribution is -0.132. The van der Waals surface area contributed by atoms with Gasteiger partial charge in [0.15, 0.2) is 5.58 Å². The van der Waals surface area contributed by atoms with Gasteiger partial charge in [-0.25, -0.2) is 4.98 Å². The van der Waals surface area contributed by atoms with Crippen molar-refractivity contribution >= 4 is 22.9 Å². The molecule has 1 heterocycles. The Hall–Kier alpha value is -3.15. The second-order valence-corrected chi connectivity index (χ2v) is 7.88. The second-order valence-electron chi connectivity index (χ2n) is 7.88.